The highest BCUT2D eigenvalue weighted by atomic mass is 127. The van der Waals surface area contributed by atoms with Gasteiger partial charge in [0.1, 0.15) is 5.75 Å². The van der Waals surface area contributed by atoms with Crippen molar-refractivity contribution in [1.29, 1.82) is 0 Å². The number of hydrogen-bond acceptors (Lipinski definition) is 2. The van der Waals surface area contributed by atoms with Gasteiger partial charge >= 0.3 is 0 Å². The van der Waals surface area contributed by atoms with Crippen molar-refractivity contribution in [3.05, 3.63) is 29.8 Å². The number of aliphatic imine (C=N–C) groups is 1. The van der Waals surface area contributed by atoms with Crippen LogP contribution < -0.4 is 15.4 Å². The topological polar surface area (TPSA) is 45.7 Å². The van der Waals surface area contributed by atoms with Crippen molar-refractivity contribution in [3.8, 4) is 5.75 Å². The number of guanidine groups is 1. The third-order valence-electron chi connectivity index (χ3n) is 4.47. The Balaban J connectivity index is 0.00000264. The monoisotopic (exact) mass is 431 g/mol. The lowest BCUT2D eigenvalue weighted by atomic mass is 9.84. The minimum absolute atomic E-state index is 0. The fraction of sp³-hybridized carbons (Fsp3) is 0.611. The van der Waals surface area contributed by atoms with Crippen LogP contribution >= 0.6 is 24.0 Å². The molecule has 1 fully saturated rings. The van der Waals surface area contributed by atoms with Gasteiger partial charge in [0.05, 0.1) is 7.11 Å². The average molecular weight is 431 g/mol. The van der Waals surface area contributed by atoms with E-state index in [1.54, 1.807) is 7.11 Å². The van der Waals surface area contributed by atoms with Gasteiger partial charge in [-0.2, -0.15) is 0 Å². The van der Waals surface area contributed by atoms with Crippen molar-refractivity contribution < 1.29 is 4.74 Å². The first kappa shape index (κ1) is 20.1. The smallest absolute Gasteiger partial charge is 0.191 e. The predicted molar refractivity (Wildman–Crippen MR) is 108 cm³/mol. The largest absolute Gasteiger partial charge is 0.497 e. The van der Waals surface area contributed by atoms with E-state index < -0.39 is 0 Å². The fourth-order valence-corrected chi connectivity index (χ4v) is 2.91. The summed E-state index contributed by atoms with van der Waals surface area (Å²) < 4.78 is 5.33. The molecule has 0 aliphatic heterocycles. The number of methoxy groups -OCH3 is 1. The molecule has 1 aliphatic rings. The van der Waals surface area contributed by atoms with Crippen LogP contribution in [0.15, 0.2) is 29.3 Å². The summed E-state index contributed by atoms with van der Waals surface area (Å²) in [6, 6.07) is 8.85. The van der Waals surface area contributed by atoms with E-state index >= 15 is 0 Å². The number of ether oxygens (including phenoxy) is 1. The van der Waals surface area contributed by atoms with Gasteiger partial charge in [0.25, 0.3) is 0 Å². The second-order valence-corrected chi connectivity index (χ2v) is 6.67. The molecule has 0 aromatic heterocycles. The second-order valence-electron chi connectivity index (χ2n) is 6.67. The Bertz CT molecular complexity index is 511. The number of hydrogen-bond donors (Lipinski definition) is 2. The van der Waals surface area contributed by atoms with E-state index in [2.05, 4.69) is 41.6 Å². The molecule has 0 spiro atoms. The third-order valence-corrected chi connectivity index (χ3v) is 4.47. The second kappa shape index (κ2) is 9.35. The van der Waals surface area contributed by atoms with Crippen LogP contribution in [0.25, 0.3) is 0 Å². The maximum atomic E-state index is 5.33. The maximum absolute atomic E-state index is 5.33. The lowest BCUT2D eigenvalue weighted by molar-refractivity contribution is 0.411. The average Bonchev–Trinajstić information content (AvgIpc) is 3.04. The van der Waals surface area contributed by atoms with Crippen LogP contribution in [0, 0.1) is 0 Å². The Morgan fingerprint density at radius 3 is 2.61 bits per heavy atom. The van der Waals surface area contributed by atoms with Gasteiger partial charge in [-0.15, -0.1) is 24.0 Å². The summed E-state index contributed by atoms with van der Waals surface area (Å²) in [6.45, 7) is 5.29. The van der Waals surface area contributed by atoms with Gasteiger partial charge < -0.3 is 15.4 Å². The summed E-state index contributed by atoms with van der Waals surface area (Å²) in [7, 11) is 3.54. The molecule has 0 bridgehead atoms. The molecule has 1 aromatic rings. The molecule has 0 radical (unpaired) electrons. The lowest BCUT2D eigenvalue weighted by Crippen LogP contribution is -2.46. The number of rotatable bonds is 5. The highest BCUT2D eigenvalue weighted by Gasteiger charge is 2.22. The fourth-order valence-electron chi connectivity index (χ4n) is 2.91. The van der Waals surface area contributed by atoms with Gasteiger partial charge in [-0.25, -0.2) is 0 Å². The molecule has 1 aromatic carbocycles. The van der Waals surface area contributed by atoms with E-state index in [9.17, 15) is 0 Å². The number of nitrogens with one attached hydrogen (secondary N) is 2. The van der Waals surface area contributed by atoms with E-state index in [4.69, 9.17) is 4.74 Å². The molecular weight excluding hydrogens is 401 g/mol. The van der Waals surface area contributed by atoms with Crippen LogP contribution in [0.4, 0.5) is 0 Å². The van der Waals surface area contributed by atoms with Crippen molar-refractivity contribution >= 4 is 29.9 Å². The van der Waals surface area contributed by atoms with Gasteiger partial charge in [0, 0.05) is 25.0 Å². The zero-order valence-electron chi connectivity index (χ0n) is 14.7. The summed E-state index contributed by atoms with van der Waals surface area (Å²) in [5.41, 5.74) is 1.26. The highest BCUT2D eigenvalue weighted by Crippen LogP contribution is 2.25. The molecule has 0 amide bonds. The molecule has 2 rings (SSSR count). The molecule has 23 heavy (non-hydrogen) atoms. The summed E-state index contributed by atoms with van der Waals surface area (Å²) >= 11 is 0. The summed E-state index contributed by atoms with van der Waals surface area (Å²) in [4.78, 5) is 4.35. The molecule has 0 unspecified atom stereocenters. The molecule has 1 saturated carbocycles. The lowest BCUT2D eigenvalue weighted by Gasteiger charge is -2.28. The van der Waals surface area contributed by atoms with Gasteiger partial charge in [-0.1, -0.05) is 38.8 Å². The van der Waals surface area contributed by atoms with Crippen molar-refractivity contribution in [2.75, 3.05) is 20.7 Å². The molecule has 0 atom stereocenters. The minimum Gasteiger partial charge on any atom is -0.497 e. The number of benzene rings is 1. The Morgan fingerprint density at radius 2 is 2.00 bits per heavy atom. The van der Waals surface area contributed by atoms with E-state index in [1.165, 1.54) is 31.2 Å². The van der Waals surface area contributed by atoms with Gasteiger partial charge in [0.15, 0.2) is 5.96 Å². The molecule has 1 aliphatic carbocycles. The van der Waals surface area contributed by atoms with Crippen molar-refractivity contribution in [2.45, 2.75) is 51.0 Å². The van der Waals surface area contributed by atoms with Crippen LogP contribution in [0.2, 0.25) is 0 Å². The molecular formula is C18H30IN3O. The van der Waals surface area contributed by atoms with E-state index in [1.807, 2.05) is 19.2 Å². The van der Waals surface area contributed by atoms with Gasteiger partial charge in [-0.05, 0) is 30.5 Å². The zero-order chi connectivity index (χ0) is 16.0. The molecule has 130 valence electrons. The maximum Gasteiger partial charge on any atom is 0.191 e. The number of nitrogens with zero attached hydrogens (tertiary/aromatic N) is 1. The summed E-state index contributed by atoms with van der Waals surface area (Å²) in [5.74, 6) is 1.81. The first-order chi connectivity index (χ1) is 10.5. The Kier molecular flexibility index (Phi) is 8.16. The van der Waals surface area contributed by atoms with Crippen molar-refractivity contribution in [3.63, 3.8) is 0 Å². The van der Waals surface area contributed by atoms with E-state index in [0.29, 0.717) is 6.04 Å². The Hall–Kier alpha value is -0.980. The molecule has 0 heterocycles. The predicted octanol–water partition coefficient (Wildman–Crippen LogP) is 3.70. The first-order valence-corrected chi connectivity index (χ1v) is 8.17. The highest BCUT2D eigenvalue weighted by molar-refractivity contribution is 14.0. The molecule has 4 nitrogen and oxygen atoms in total. The standard InChI is InChI=1S/C18H29N3O.HI/c1-18(2,14-8-7-11-16(12-14)22-4)13-20-17(19-3)21-15-9-5-6-10-15;/h7-8,11-12,15H,5-6,9-10,13H2,1-4H3,(H2,19,20,21);1H. The van der Waals surface area contributed by atoms with Crippen molar-refractivity contribution in [2.24, 2.45) is 4.99 Å². The van der Waals surface area contributed by atoms with Crippen molar-refractivity contribution in [1.82, 2.24) is 10.6 Å². The van der Waals surface area contributed by atoms with E-state index in [0.717, 1.165) is 18.3 Å². The Labute approximate surface area is 157 Å². The van der Waals surface area contributed by atoms with Gasteiger partial charge in [-0.3, -0.25) is 4.99 Å². The first-order valence-electron chi connectivity index (χ1n) is 8.17. The van der Waals surface area contributed by atoms with Crippen LogP contribution in [-0.4, -0.2) is 32.7 Å². The molecule has 2 N–H and O–H groups in total. The molecule has 0 saturated heterocycles. The van der Waals surface area contributed by atoms with Crippen LogP contribution in [0.3, 0.4) is 0 Å². The van der Waals surface area contributed by atoms with Crippen LogP contribution in [0.1, 0.15) is 45.1 Å². The third kappa shape index (κ3) is 5.86. The van der Waals surface area contributed by atoms with Crippen LogP contribution in [0.5, 0.6) is 5.75 Å². The number of halogens is 1. The Morgan fingerprint density at radius 1 is 1.30 bits per heavy atom. The van der Waals surface area contributed by atoms with Crippen LogP contribution in [-0.2, 0) is 5.41 Å². The quantitative estimate of drug-likeness (QED) is 0.425. The van der Waals surface area contributed by atoms with Gasteiger partial charge in [0.2, 0.25) is 0 Å². The molecule has 5 heteroatoms. The SMILES string of the molecule is CN=C(NCC(C)(C)c1cccc(OC)c1)NC1CCCC1.I. The summed E-state index contributed by atoms with van der Waals surface area (Å²) in [5, 5.41) is 7.00. The zero-order valence-corrected chi connectivity index (χ0v) is 17.0. The minimum atomic E-state index is 0. The normalized spacial score (nSPS) is 15.9. The van der Waals surface area contributed by atoms with E-state index in [-0.39, 0.29) is 29.4 Å². The summed E-state index contributed by atoms with van der Waals surface area (Å²) in [6.07, 6.45) is 5.15.